The summed E-state index contributed by atoms with van der Waals surface area (Å²) in [5.41, 5.74) is 7.18. The van der Waals surface area contributed by atoms with E-state index in [2.05, 4.69) is 50.0 Å². The molecule has 3 rings (SSSR count). The van der Waals surface area contributed by atoms with Gasteiger partial charge in [0.05, 0.1) is 6.54 Å². The molecule has 0 atom stereocenters. The second-order valence-corrected chi connectivity index (χ2v) is 5.39. The molecule has 0 aliphatic carbocycles. The summed E-state index contributed by atoms with van der Waals surface area (Å²) < 4.78 is 0. The van der Waals surface area contributed by atoms with Crippen LogP contribution < -0.4 is 10.6 Å². The molecule has 5 heteroatoms. The van der Waals surface area contributed by atoms with Gasteiger partial charge in [0.15, 0.2) is 5.96 Å². The van der Waals surface area contributed by atoms with Crippen molar-refractivity contribution < 1.29 is 0 Å². The molecule has 2 aliphatic rings. The largest absolute Gasteiger partial charge is 0.370 e. The van der Waals surface area contributed by atoms with Gasteiger partial charge in [0.25, 0.3) is 0 Å². The first-order valence-corrected chi connectivity index (χ1v) is 7.40. The lowest BCUT2D eigenvalue weighted by Gasteiger charge is -2.36. The highest BCUT2D eigenvalue weighted by Crippen LogP contribution is 2.15. The number of anilines is 1. The smallest absolute Gasteiger partial charge is 0.191 e. The Morgan fingerprint density at radius 1 is 0.950 bits per heavy atom. The Kier molecular flexibility index (Phi) is 4.06. The lowest BCUT2D eigenvalue weighted by Crippen LogP contribution is -2.49. The highest BCUT2D eigenvalue weighted by atomic mass is 15.3. The fourth-order valence-electron chi connectivity index (χ4n) is 2.86. The third kappa shape index (κ3) is 3.04. The molecule has 0 bridgehead atoms. The van der Waals surface area contributed by atoms with Gasteiger partial charge in [-0.25, -0.2) is 0 Å². The van der Waals surface area contributed by atoms with Crippen molar-refractivity contribution in [2.24, 2.45) is 10.7 Å². The first-order chi connectivity index (χ1) is 9.83. The number of nitrogens with two attached hydrogens (primary N) is 1. The van der Waals surface area contributed by atoms with Crippen LogP contribution in [0.5, 0.6) is 0 Å². The molecule has 1 saturated heterocycles. The van der Waals surface area contributed by atoms with Gasteiger partial charge in [-0.1, -0.05) is 18.2 Å². The van der Waals surface area contributed by atoms with Crippen LogP contribution in [-0.4, -0.2) is 68.1 Å². The molecule has 0 aromatic heterocycles. The fraction of sp³-hybridized carbons (Fsp3) is 0.533. The molecule has 0 saturated carbocycles. The molecular formula is C15H23N5. The first-order valence-electron chi connectivity index (χ1n) is 7.40. The van der Waals surface area contributed by atoms with Gasteiger partial charge in [0, 0.05) is 51.5 Å². The van der Waals surface area contributed by atoms with Crippen LogP contribution >= 0.6 is 0 Å². The zero-order valence-electron chi connectivity index (χ0n) is 11.9. The Morgan fingerprint density at radius 3 is 2.35 bits per heavy atom. The third-order valence-corrected chi connectivity index (χ3v) is 4.15. The number of benzene rings is 1. The number of aliphatic imine (C=N–C) groups is 1. The number of hydrogen-bond acceptors (Lipinski definition) is 5. The van der Waals surface area contributed by atoms with E-state index in [1.807, 2.05) is 0 Å². The van der Waals surface area contributed by atoms with Crippen LogP contribution in [0.2, 0.25) is 0 Å². The standard InChI is InChI=1S/C15H23N5/c16-15-17-6-7-20(15)13-10-18-8-11-19(12-9-18)14-4-2-1-3-5-14/h1-5H,6-13H2,(H2,16,17). The Labute approximate surface area is 120 Å². The minimum absolute atomic E-state index is 0.716. The minimum atomic E-state index is 0.716. The molecule has 0 unspecified atom stereocenters. The number of rotatable bonds is 4. The van der Waals surface area contributed by atoms with Crippen LogP contribution in [0.25, 0.3) is 0 Å². The van der Waals surface area contributed by atoms with Gasteiger partial charge >= 0.3 is 0 Å². The van der Waals surface area contributed by atoms with E-state index in [4.69, 9.17) is 5.73 Å². The van der Waals surface area contributed by atoms with Gasteiger partial charge in [-0.15, -0.1) is 0 Å². The van der Waals surface area contributed by atoms with Gasteiger partial charge in [0.2, 0.25) is 0 Å². The molecule has 2 N–H and O–H groups in total. The van der Waals surface area contributed by atoms with Gasteiger partial charge in [-0.05, 0) is 12.1 Å². The molecule has 1 aromatic carbocycles. The lowest BCUT2D eigenvalue weighted by atomic mass is 10.2. The van der Waals surface area contributed by atoms with Crippen LogP contribution in [0.3, 0.4) is 0 Å². The zero-order valence-corrected chi connectivity index (χ0v) is 11.9. The van der Waals surface area contributed by atoms with E-state index < -0.39 is 0 Å². The predicted octanol–water partition coefficient (Wildman–Crippen LogP) is 0.439. The molecule has 108 valence electrons. The molecule has 0 radical (unpaired) electrons. The number of para-hydroxylation sites is 1. The minimum Gasteiger partial charge on any atom is -0.370 e. The Morgan fingerprint density at radius 2 is 1.70 bits per heavy atom. The van der Waals surface area contributed by atoms with E-state index in [0.29, 0.717) is 5.96 Å². The van der Waals surface area contributed by atoms with E-state index >= 15 is 0 Å². The van der Waals surface area contributed by atoms with Crippen molar-refractivity contribution in [2.45, 2.75) is 0 Å². The van der Waals surface area contributed by atoms with Crippen molar-refractivity contribution in [3.05, 3.63) is 30.3 Å². The quantitative estimate of drug-likeness (QED) is 0.865. The molecule has 5 nitrogen and oxygen atoms in total. The summed E-state index contributed by atoms with van der Waals surface area (Å²) in [5, 5.41) is 0. The Hall–Kier alpha value is -1.75. The molecule has 0 amide bonds. The second-order valence-electron chi connectivity index (χ2n) is 5.39. The number of guanidine groups is 1. The summed E-state index contributed by atoms with van der Waals surface area (Å²) in [7, 11) is 0. The molecular weight excluding hydrogens is 250 g/mol. The summed E-state index contributed by atoms with van der Waals surface area (Å²) in [6, 6.07) is 10.7. The van der Waals surface area contributed by atoms with Crippen molar-refractivity contribution >= 4 is 11.6 Å². The van der Waals surface area contributed by atoms with E-state index in [1.54, 1.807) is 0 Å². The van der Waals surface area contributed by atoms with E-state index in [-0.39, 0.29) is 0 Å². The van der Waals surface area contributed by atoms with Gasteiger partial charge in [-0.2, -0.15) is 0 Å². The maximum absolute atomic E-state index is 5.84. The third-order valence-electron chi connectivity index (χ3n) is 4.15. The fourth-order valence-corrected chi connectivity index (χ4v) is 2.86. The van der Waals surface area contributed by atoms with Crippen molar-refractivity contribution in [1.29, 1.82) is 0 Å². The normalized spacial score (nSPS) is 20.3. The topological polar surface area (TPSA) is 48.1 Å². The molecule has 1 fully saturated rings. The van der Waals surface area contributed by atoms with Crippen molar-refractivity contribution in [3.8, 4) is 0 Å². The van der Waals surface area contributed by atoms with Gasteiger partial charge in [-0.3, -0.25) is 9.89 Å². The van der Waals surface area contributed by atoms with Crippen LogP contribution in [0, 0.1) is 0 Å². The summed E-state index contributed by atoms with van der Waals surface area (Å²) in [6.07, 6.45) is 0. The highest BCUT2D eigenvalue weighted by Gasteiger charge is 2.19. The Balaban J connectivity index is 1.43. The van der Waals surface area contributed by atoms with Crippen LogP contribution in [-0.2, 0) is 0 Å². The molecule has 1 aromatic rings. The summed E-state index contributed by atoms with van der Waals surface area (Å²) in [4.78, 5) is 11.4. The molecule has 0 spiro atoms. The van der Waals surface area contributed by atoms with Crippen molar-refractivity contribution in [1.82, 2.24) is 9.80 Å². The monoisotopic (exact) mass is 273 g/mol. The summed E-state index contributed by atoms with van der Waals surface area (Å²) >= 11 is 0. The maximum Gasteiger partial charge on any atom is 0.191 e. The van der Waals surface area contributed by atoms with E-state index in [1.165, 1.54) is 5.69 Å². The predicted molar refractivity (Wildman–Crippen MR) is 83.2 cm³/mol. The van der Waals surface area contributed by atoms with Gasteiger partial charge in [0.1, 0.15) is 0 Å². The number of hydrogen-bond donors (Lipinski definition) is 1. The number of piperazine rings is 1. The van der Waals surface area contributed by atoms with Crippen LogP contribution in [0.4, 0.5) is 5.69 Å². The Bertz CT molecular complexity index is 451. The second kappa shape index (κ2) is 6.13. The zero-order chi connectivity index (χ0) is 13.8. The average Bonchev–Trinajstić information content (AvgIpc) is 2.92. The molecule has 20 heavy (non-hydrogen) atoms. The van der Waals surface area contributed by atoms with Crippen LogP contribution in [0.1, 0.15) is 0 Å². The van der Waals surface area contributed by atoms with Crippen LogP contribution in [0.15, 0.2) is 35.3 Å². The van der Waals surface area contributed by atoms with Crippen molar-refractivity contribution in [2.75, 3.05) is 57.3 Å². The lowest BCUT2D eigenvalue weighted by molar-refractivity contribution is 0.237. The first kappa shape index (κ1) is 13.2. The van der Waals surface area contributed by atoms with Gasteiger partial charge < -0.3 is 15.5 Å². The van der Waals surface area contributed by atoms with E-state index in [9.17, 15) is 0 Å². The highest BCUT2D eigenvalue weighted by molar-refractivity contribution is 5.79. The summed E-state index contributed by atoms with van der Waals surface area (Å²) in [6.45, 7) is 8.38. The number of nitrogens with zero attached hydrogens (tertiary/aromatic N) is 4. The van der Waals surface area contributed by atoms with E-state index in [0.717, 1.165) is 52.4 Å². The molecule has 2 heterocycles. The maximum atomic E-state index is 5.84. The average molecular weight is 273 g/mol. The summed E-state index contributed by atoms with van der Waals surface area (Å²) in [5.74, 6) is 0.716. The van der Waals surface area contributed by atoms with Crippen molar-refractivity contribution in [3.63, 3.8) is 0 Å². The molecule has 2 aliphatic heterocycles. The SMILES string of the molecule is NC1=NCCN1CCN1CCN(c2ccccc2)CC1.